The molecule has 0 amide bonds. The minimum absolute atomic E-state index is 0.374. The third-order valence-corrected chi connectivity index (χ3v) is 4.69. The molecule has 0 aromatic heterocycles. The van der Waals surface area contributed by atoms with Gasteiger partial charge in [0.1, 0.15) is 0 Å². The molecular formula is C19H29NO2. The number of carboxylic acid groups (broad SMARTS) is 1. The molecule has 22 heavy (non-hydrogen) atoms. The fourth-order valence-electron chi connectivity index (χ4n) is 3.32. The highest BCUT2D eigenvalue weighted by Crippen LogP contribution is 2.35. The summed E-state index contributed by atoms with van der Waals surface area (Å²) in [4.78, 5) is 11.0. The first-order chi connectivity index (χ1) is 10.7. The van der Waals surface area contributed by atoms with E-state index in [1.54, 1.807) is 12.1 Å². The molecule has 0 fully saturated rings. The largest absolute Gasteiger partial charge is 0.478 e. The van der Waals surface area contributed by atoms with Crippen LogP contribution in [-0.2, 0) is 0 Å². The van der Waals surface area contributed by atoms with Crippen LogP contribution in [-0.4, -0.2) is 17.6 Å². The number of anilines is 1. The van der Waals surface area contributed by atoms with Gasteiger partial charge in [-0.1, -0.05) is 64.4 Å². The first kappa shape index (κ1) is 16.9. The van der Waals surface area contributed by atoms with Gasteiger partial charge in [-0.3, -0.25) is 0 Å². The molecule has 0 saturated heterocycles. The molecule has 2 rings (SSSR count). The average Bonchev–Trinajstić information content (AvgIpc) is 2.92. The van der Waals surface area contributed by atoms with Gasteiger partial charge in [-0.05, 0) is 24.1 Å². The van der Waals surface area contributed by atoms with Gasteiger partial charge in [0.25, 0.3) is 0 Å². The molecule has 0 aliphatic carbocycles. The van der Waals surface area contributed by atoms with E-state index in [1.807, 2.05) is 6.07 Å². The Morgan fingerprint density at radius 3 is 2.50 bits per heavy atom. The number of hydrogen-bond acceptors (Lipinski definition) is 2. The van der Waals surface area contributed by atoms with Crippen LogP contribution < -0.4 is 5.32 Å². The van der Waals surface area contributed by atoms with E-state index in [2.05, 4.69) is 12.2 Å². The van der Waals surface area contributed by atoms with Crippen molar-refractivity contribution in [2.24, 2.45) is 0 Å². The van der Waals surface area contributed by atoms with E-state index in [4.69, 9.17) is 5.11 Å². The maximum atomic E-state index is 11.0. The molecule has 0 bridgehead atoms. The predicted octanol–water partition coefficient (Wildman–Crippen LogP) is 5.42. The summed E-state index contributed by atoms with van der Waals surface area (Å²) in [5.41, 5.74) is 2.69. The SMILES string of the molecule is CCCCCCCCCC[C@@H]1CNc2cc(C(=O)O)ccc21. The van der Waals surface area contributed by atoms with Gasteiger partial charge >= 0.3 is 5.97 Å². The van der Waals surface area contributed by atoms with Crippen LogP contribution >= 0.6 is 0 Å². The summed E-state index contributed by atoms with van der Waals surface area (Å²) < 4.78 is 0. The second-order valence-corrected chi connectivity index (χ2v) is 6.45. The lowest BCUT2D eigenvalue weighted by Gasteiger charge is -2.10. The molecule has 1 aromatic carbocycles. The van der Waals surface area contributed by atoms with Crippen molar-refractivity contribution in [3.8, 4) is 0 Å². The number of rotatable bonds is 10. The van der Waals surface area contributed by atoms with Crippen LogP contribution in [0.25, 0.3) is 0 Å². The molecule has 0 spiro atoms. The molecule has 3 nitrogen and oxygen atoms in total. The summed E-state index contributed by atoms with van der Waals surface area (Å²) in [6.45, 7) is 3.21. The topological polar surface area (TPSA) is 49.3 Å². The van der Waals surface area contributed by atoms with E-state index in [-0.39, 0.29) is 0 Å². The Hall–Kier alpha value is -1.51. The fraction of sp³-hybridized carbons (Fsp3) is 0.632. The van der Waals surface area contributed by atoms with E-state index in [0.29, 0.717) is 11.5 Å². The van der Waals surface area contributed by atoms with Gasteiger partial charge in [-0.25, -0.2) is 4.79 Å². The van der Waals surface area contributed by atoms with Crippen molar-refractivity contribution >= 4 is 11.7 Å². The second-order valence-electron chi connectivity index (χ2n) is 6.45. The number of carbonyl (C=O) groups is 1. The maximum absolute atomic E-state index is 11.0. The summed E-state index contributed by atoms with van der Waals surface area (Å²) in [6.07, 6.45) is 12.0. The molecule has 1 aliphatic rings. The lowest BCUT2D eigenvalue weighted by molar-refractivity contribution is 0.0697. The standard InChI is InChI=1S/C19H29NO2/c1-2-3-4-5-6-7-8-9-10-16-14-20-18-13-15(19(21)22)11-12-17(16)18/h11-13,16,20H,2-10,14H2,1H3,(H,21,22)/t16-/m1/s1. The number of hydrogen-bond donors (Lipinski definition) is 2. The zero-order valence-electron chi connectivity index (χ0n) is 13.7. The number of unbranched alkanes of at least 4 members (excludes halogenated alkanes) is 7. The number of aromatic carboxylic acids is 1. The molecular weight excluding hydrogens is 274 g/mol. The first-order valence-electron chi connectivity index (χ1n) is 8.83. The van der Waals surface area contributed by atoms with Crippen LogP contribution in [0.2, 0.25) is 0 Å². The Labute approximate surface area is 134 Å². The predicted molar refractivity (Wildman–Crippen MR) is 91.9 cm³/mol. The molecule has 0 unspecified atom stereocenters. The van der Waals surface area contributed by atoms with Gasteiger partial charge in [0.05, 0.1) is 5.56 Å². The van der Waals surface area contributed by atoms with Gasteiger partial charge in [-0.15, -0.1) is 0 Å². The first-order valence-corrected chi connectivity index (χ1v) is 8.83. The highest BCUT2D eigenvalue weighted by molar-refractivity contribution is 5.89. The zero-order chi connectivity index (χ0) is 15.8. The van der Waals surface area contributed by atoms with Crippen molar-refractivity contribution in [3.05, 3.63) is 29.3 Å². The quantitative estimate of drug-likeness (QED) is 0.567. The molecule has 2 N–H and O–H groups in total. The maximum Gasteiger partial charge on any atom is 0.335 e. The summed E-state index contributed by atoms with van der Waals surface area (Å²) >= 11 is 0. The number of nitrogens with one attached hydrogen (secondary N) is 1. The second kappa shape index (κ2) is 8.82. The highest BCUT2D eigenvalue weighted by atomic mass is 16.4. The molecule has 0 radical (unpaired) electrons. The molecule has 0 saturated carbocycles. The van der Waals surface area contributed by atoms with E-state index >= 15 is 0 Å². The molecule has 1 heterocycles. The van der Waals surface area contributed by atoms with Crippen molar-refractivity contribution in [2.45, 2.75) is 70.6 Å². The fourth-order valence-corrected chi connectivity index (χ4v) is 3.32. The lowest BCUT2D eigenvalue weighted by Crippen LogP contribution is -2.01. The zero-order valence-corrected chi connectivity index (χ0v) is 13.7. The summed E-state index contributed by atoms with van der Waals surface area (Å²) in [7, 11) is 0. The lowest BCUT2D eigenvalue weighted by atomic mass is 9.94. The van der Waals surface area contributed by atoms with E-state index in [9.17, 15) is 4.79 Å². The molecule has 1 aromatic rings. The van der Waals surface area contributed by atoms with Gasteiger partial charge in [-0.2, -0.15) is 0 Å². The molecule has 1 aliphatic heterocycles. The van der Waals surface area contributed by atoms with Crippen molar-refractivity contribution in [1.29, 1.82) is 0 Å². The van der Waals surface area contributed by atoms with E-state index < -0.39 is 5.97 Å². The van der Waals surface area contributed by atoms with Crippen molar-refractivity contribution in [1.82, 2.24) is 0 Å². The number of carboxylic acids is 1. The Kier molecular flexibility index (Phi) is 6.75. The van der Waals surface area contributed by atoms with Crippen LogP contribution in [0.15, 0.2) is 18.2 Å². The Morgan fingerprint density at radius 1 is 1.14 bits per heavy atom. The summed E-state index contributed by atoms with van der Waals surface area (Å²) in [5.74, 6) is -0.297. The third kappa shape index (κ3) is 4.75. The Balaban J connectivity index is 1.68. The molecule has 1 atom stereocenters. The minimum atomic E-state index is -0.851. The van der Waals surface area contributed by atoms with Gasteiger partial charge in [0, 0.05) is 18.2 Å². The van der Waals surface area contributed by atoms with Crippen LogP contribution in [0.1, 0.15) is 86.6 Å². The Bertz CT molecular complexity index is 484. The molecule has 3 heteroatoms. The average molecular weight is 303 g/mol. The van der Waals surface area contributed by atoms with Crippen LogP contribution in [0.4, 0.5) is 5.69 Å². The number of benzene rings is 1. The normalized spacial score (nSPS) is 16.3. The highest BCUT2D eigenvalue weighted by Gasteiger charge is 2.22. The monoisotopic (exact) mass is 303 g/mol. The molecule has 122 valence electrons. The Morgan fingerprint density at radius 2 is 1.82 bits per heavy atom. The van der Waals surface area contributed by atoms with Crippen LogP contribution in [0, 0.1) is 0 Å². The van der Waals surface area contributed by atoms with Gasteiger partial charge < -0.3 is 10.4 Å². The van der Waals surface area contributed by atoms with Crippen LogP contribution in [0.3, 0.4) is 0 Å². The smallest absolute Gasteiger partial charge is 0.335 e. The van der Waals surface area contributed by atoms with Gasteiger partial charge in [0.15, 0.2) is 0 Å². The van der Waals surface area contributed by atoms with Crippen molar-refractivity contribution < 1.29 is 9.90 Å². The minimum Gasteiger partial charge on any atom is -0.478 e. The van der Waals surface area contributed by atoms with E-state index in [0.717, 1.165) is 12.2 Å². The van der Waals surface area contributed by atoms with Gasteiger partial charge in [0.2, 0.25) is 0 Å². The van der Waals surface area contributed by atoms with E-state index in [1.165, 1.54) is 63.4 Å². The summed E-state index contributed by atoms with van der Waals surface area (Å²) in [5, 5.41) is 12.4. The van der Waals surface area contributed by atoms with Crippen molar-refractivity contribution in [2.75, 3.05) is 11.9 Å². The van der Waals surface area contributed by atoms with Crippen LogP contribution in [0.5, 0.6) is 0 Å². The van der Waals surface area contributed by atoms with Crippen molar-refractivity contribution in [3.63, 3.8) is 0 Å². The third-order valence-electron chi connectivity index (χ3n) is 4.69. The number of fused-ring (bicyclic) bond motifs is 1. The summed E-state index contributed by atoms with van der Waals surface area (Å²) in [6, 6.07) is 5.49.